The van der Waals surface area contributed by atoms with Gasteiger partial charge in [-0.3, -0.25) is 0 Å². The zero-order valence-electron chi connectivity index (χ0n) is 15.0. The number of allylic oxidation sites excluding steroid dienone is 1. The molecule has 0 spiro atoms. The number of aryl methyl sites for hydroxylation is 1. The van der Waals surface area contributed by atoms with E-state index < -0.39 is 5.97 Å². The van der Waals surface area contributed by atoms with E-state index in [-0.39, 0.29) is 11.8 Å². The van der Waals surface area contributed by atoms with Crippen molar-refractivity contribution in [2.75, 3.05) is 0 Å². The van der Waals surface area contributed by atoms with Crippen LogP contribution in [0.3, 0.4) is 0 Å². The van der Waals surface area contributed by atoms with Crippen LogP contribution in [0.5, 0.6) is 11.5 Å². The van der Waals surface area contributed by atoms with Gasteiger partial charge in [-0.15, -0.1) is 11.3 Å². The van der Waals surface area contributed by atoms with Crippen LogP contribution in [0.2, 0.25) is 0 Å². The lowest BCUT2D eigenvalue weighted by atomic mass is 9.83. The minimum absolute atomic E-state index is 0.0577. The predicted octanol–water partition coefficient (Wildman–Crippen LogP) is 4.49. The number of fused-ring (bicyclic) bond motifs is 1. The molecule has 0 radical (unpaired) electrons. The number of nitriles is 1. The maximum absolute atomic E-state index is 12.2. The third kappa shape index (κ3) is 3.24. The van der Waals surface area contributed by atoms with Crippen LogP contribution in [0.15, 0.2) is 71.4 Å². The van der Waals surface area contributed by atoms with Gasteiger partial charge in [0.1, 0.15) is 28.0 Å². The molecule has 2 N–H and O–H groups in total. The highest BCUT2D eigenvalue weighted by molar-refractivity contribution is 7.12. The Bertz CT molecular complexity index is 1110. The maximum Gasteiger partial charge on any atom is 0.353 e. The number of benzene rings is 2. The predicted molar refractivity (Wildman–Crippen MR) is 106 cm³/mol. The van der Waals surface area contributed by atoms with Crippen LogP contribution in [0, 0.1) is 18.3 Å². The number of nitrogens with zero attached hydrogens (tertiary/aromatic N) is 1. The fourth-order valence-corrected chi connectivity index (χ4v) is 3.75. The largest absolute Gasteiger partial charge is 0.440 e. The molecule has 5 nitrogen and oxygen atoms in total. The van der Waals surface area contributed by atoms with Crippen LogP contribution in [-0.4, -0.2) is 5.97 Å². The Morgan fingerprint density at radius 1 is 1.21 bits per heavy atom. The number of carbonyl (C=O) groups excluding carboxylic acids is 1. The van der Waals surface area contributed by atoms with Crippen molar-refractivity contribution in [3.8, 4) is 17.6 Å². The van der Waals surface area contributed by atoms with Gasteiger partial charge < -0.3 is 15.2 Å². The monoisotopic (exact) mass is 388 g/mol. The number of hydrogen-bond acceptors (Lipinski definition) is 6. The molecule has 28 heavy (non-hydrogen) atoms. The first-order valence-electron chi connectivity index (χ1n) is 8.60. The maximum atomic E-state index is 12.2. The second-order valence-electron chi connectivity index (χ2n) is 6.40. The molecule has 0 fully saturated rings. The SMILES string of the molecule is Cc1ccc(C2C(C#N)=C(N)Oc3cc(OC(=O)c4cccs4)ccc32)cc1. The Kier molecular flexibility index (Phi) is 4.60. The zero-order chi connectivity index (χ0) is 19.7. The Labute approximate surface area is 166 Å². The van der Waals surface area contributed by atoms with Gasteiger partial charge in [0, 0.05) is 11.6 Å². The quantitative estimate of drug-likeness (QED) is 0.528. The Hall–Kier alpha value is -3.56. The highest BCUT2D eigenvalue weighted by Crippen LogP contribution is 2.43. The summed E-state index contributed by atoms with van der Waals surface area (Å²) in [6, 6.07) is 18.7. The molecule has 0 saturated heterocycles. The molecule has 0 bridgehead atoms. The molecule has 1 atom stereocenters. The van der Waals surface area contributed by atoms with Crippen molar-refractivity contribution in [3.05, 3.63) is 93.0 Å². The first kappa shape index (κ1) is 17.8. The van der Waals surface area contributed by atoms with Gasteiger partial charge in [0.05, 0.1) is 5.92 Å². The summed E-state index contributed by atoms with van der Waals surface area (Å²) in [5, 5.41) is 11.4. The van der Waals surface area contributed by atoms with E-state index in [9.17, 15) is 10.1 Å². The second kappa shape index (κ2) is 7.22. The highest BCUT2D eigenvalue weighted by Gasteiger charge is 2.31. The van der Waals surface area contributed by atoms with E-state index >= 15 is 0 Å². The van der Waals surface area contributed by atoms with Gasteiger partial charge in [-0.2, -0.15) is 5.26 Å². The molecule has 1 aliphatic rings. The lowest BCUT2D eigenvalue weighted by Crippen LogP contribution is -2.21. The normalized spacial score (nSPS) is 15.4. The number of esters is 1. The summed E-state index contributed by atoms with van der Waals surface area (Å²) in [7, 11) is 0. The molecule has 1 aromatic heterocycles. The van der Waals surface area contributed by atoms with Crippen LogP contribution in [0.25, 0.3) is 0 Å². The Morgan fingerprint density at radius 2 is 2.00 bits per heavy atom. The van der Waals surface area contributed by atoms with E-state index in [0.29, 0.717) is 21.9 Å². The van der Waals surface area contributed by atoms with E-state index in [1.807, 2.05) is 36.6 Å². The average molecular weight is 388 g/mol. The van der Waals surface area contributed by atoms with E-state index in [1.54, 1.807) is 30.3 Å². The number of hydrogen-bond donors (Lipinski definition) is 1. The fraction of sp³-hybridized carbons (Fsp3) is 0.0909. The summed E-state index contributed by atoms with van der Waals surface area (Å²) in [5.41, 5.74) is 9.25. The van der Waals surface area contributed by atoms with Crippen molar-refractivity contribution in [1.82, 2.24) is 0 Å². The van der Waals surface area contributed by atoms with E-state index in [1.165, 1.54) is 11.3 Å². The summed E-state index contributed by atoms with van der Waals surface area (Å²) in [5.74, 6) is 0.118. The molecule has 3 aromatic rings. The number of nitrogens with two attached hydrogens (primary N) is 1. The van der Waals surface area contributed by atoms with Crippen molar-refractivity contribution in [3.63, 3.8) is 0 Å². The number of thiophene rings is 1. The summed E-state index contributed by atoms with van der Waals surface area (Å²) >= 11 is 1.31. The third-order valence-electron chi connectivity index (χ3n) is 4.53. The molecule has 4 rings (SSSR count). The zero-order valence-corrected chi connectivity index (χ0v) is 15.8. The average Bonchev–Trinajstić information content (AvgIpc) is 3.22. The molecule has 1 aliphatic heterocycles. The molecule has 138 valence electrons. The summed E-state index contributed by atoms with van der Waals surface area (Å²) in [6.07, 6.45) is 0. The minimum Gasteiger partial charge on any atom is -0.440 e. The fourth-order valence-electron chi connectivity index (χ4n) is 3.15. The van der Waals surface area contributed by atoms with E-state index in [0.717, 1.165) is 16.7 Å². The Morgan fingerprint density at radius 3 is 2.68 bits per heavy atom. The van der Waals surface area contributed by atoms with Crippen LogP contribution >= 0.6 is 11.3 Å². The minimum atomic E-state index is -0.429. The third-order valence-corrected chi connectivity index (χ3v) is 5.38. The first-order chi connectivity index (χ1) is 13.6. The lowest BCUT2D eigenvalue weighted by molar-refractivity contribution is 0.0739. The first-order valence-corrected chi connectivity index (χ1v) is 9.48. The number of carbonyl (C=O) groups is 1. The smallest absolute Gasteiger partial charge is 0.353 e. The van der Waals surface area contributed by atoms with Gasteiger partial charge in [0.2, 0.25) is 5.88 Å². The topological polar surface area (TPSA) is 85.3 Å². The molecule has 2 aromatic carbocycles. The molecule has 2 heterocycles. The van der Waals surface area contributed by atoms with Gasteiger partial charge in [0.15, 0.2) is 0 Å². The number of rotatable bonds is 3. The van der Waals surface area contributed by atoms with Crippen LogP contribution in [0.4, 0.5) is 0 Å². The van der Waals surface area contributed by atoms with Crippen LogP contribution in [0.1, 0.15) is 32.3 Å². The van der Waals surface area contributed by atoms with Gasteiger partial charge in [-0.1, -0.05) is 42.0 Å². The van der Waals surface area contributed by atoms with Gasteiger partial charge >= 0.3 is 5.97 Å². The summed E-state index contributed by atoms with van der Waals surface area (Å²) in [6.45, 7) is 2.01. The van der Waals surface area contributed by atoms with Crippen molar-refractivity contribution < 1.29 is 14.3 Å². The van der Waals surface area contributed by atoms with Crippen molar-refractivity contribution >= 4 is 17.3 Å². The molecule has 0 amide bonds. The van der Waals surface area contributed by atoms with Crippen molar-refractivity contribution in [1.29, 1.82) is 5.26 Å². The lowest BCUT2D eigenvalue weighted by Gasteiger charge is -2.26. The molecular weight excluding hydrogens is 372 g/mol. The van der Waals surface area contributed by atoms with Gasteiger partial charge in [-0.05, 0) is 30.0 Å². The van der Waals surface area contributed by atoms with Gasteiger partial charge in [0.25, 0.3) is 0 Å². The van der Waals surface area contributed by atoms with Crippen LogP contribution in [-0.2, 0) is 0 Å². The standard InChI is InChI=1S/C22H16N2O3S/c1-13-4-6-14(7-5-13)20-16-9-8-15(26-22(25)19-3-2-10-28-19)11-18(16)27-21(24)17(20)12-23/h2-11,20H,24H2,1H3. The summed E-state index contributed by atoms with van der Waals surface area (Å²) < 4.78 is 11.1. The second-order valence-corrected chi connectivity index (χ2v) is 7.35. The number of ether oxygens (including phenoxy) is 2. The Balaban J connectivity index is 1.72. The highest BCUT2D eigenvalue weighted by atomic mass is 32.1. The van der Waals surface area contributed by atoms with E-state index in [2.05, 4.69) is 6.07 Å². The van der Waals surface area contributed by atoms with Crippen LogP contribution < -0.4 is 15.2 Å². The van der Waals surface area contributed by atoms with E-state index in [4.69, 9.17) is 15.2 Å². The summed E-state index contributed by atoms with van der Waals surface area (Å²) in [4.78, 5) is 12.7. The molecule has 0 aliphatic carbocycles. The molecular formula is C22H16N2O3S. The van der Waals surface area contributed by atoms with Crippen molar-refractivity contribution in [2.24, 2.45) is 5.73 Å². The molecule has 0 saturated carbocycles. The van der Waals surface area contributed by atoms with Gasteiger partial charge in [-0.25, -0.2) is 4.79 Å². The van der Waals surface area contributed by atoms with Crippen molar-refractivity contribution in [2.45, 2.75) is 12.8 Å². The molecule has 6 heteroatoms. The molecule has 1 unspecified atom stereocenters.